The van der Waals surface area contributed by atoms with Gasteiger partial charge in [0.2, 0.25) is 0 Å². The van der Waals surface area contributed by atoms with Crippen LogP contribution < -0.4 is 10.1 Å². The second-order valence-corrected chi connectivity index (χ2v) is 6.97. The van der Waals surface area contributed by atoms with Crippen LogP contribution in [0.4, 0.5) is 27.6 Å². The van der Waals surface area contributed by atoms with Gasteiger partial charge in [-0.1, -0.05) is 6.07 Å². The summed E-state index contributed by atoms with van der Waals surface area (Å²) in [6, 6.07) is 6.27. The van der Waals surface area contributed by atoms with Gasteiger partial charge in [-0.05, 0) is 43.5 Å². The standard InChI is InChI=1S/C19H15F5N4O2/c1-9-2-5-11(14(6-9)30-18(20)21)26-17(29)13-8-16-25-12(10-3-4-10)7-15(19(22,23)24)28(16)27-13/h2,5-8,10,18H,3-4H2,1H3,(H,26,29). The minimum atomic E-state index is -4.69. The van der Waals surface area contributed by atoms with E-state index in [4.69, 9.17) is 0 Å². The fraction of sp³-hybridized carbons (Fsp3) is 0.316. The van der Waals surface area contributed by atoms with Crippen molar-refractivity contribution in [1.29, 1.82) is 0 Å². The Hall–Kier alpha value is -3.24. The molecule has 1 aliphatic rings. The van der Waals surface area contributed by atoms with Gasteiger partial charge in [0.25, 0.3) is 5.91 Å². The molecule has 0 atom stereocenters. The normalized spacial score (nSPS) is 14.4. The zero-order valence-corrected chi connectivity index (χ0v) is 15.5. The lowest BCUT2D eigenvalue weighted by molar-refractivity contribution is -0.142. The molecule has 1 aromatic carbocycles. The Balaban J connectivity index is 1.69. The summed E-state index contributed by atoms with van der Waals surface area (Å²) in [6.07, 6.45) is -3.19. The van der Waals surface area contributed by atoms with Gasteiger partial charge in [0.05, 0.1) is 5.69 Å². The molecule has 0 saturated heterocycles. The van der Waals surface area contributed by atoms with Gasteiger partial charge in [0, 0.05) is 17.7 Å². The first-order valence-corrected chi connectivity index (χ1v) is 8.96. The Labute approximate surface area is 166 Å². The SMILES string of the molecule is Cc1ccc(NC(=O)c2cc3nc(C4CC4)cc(C(F)(F)F)n3n2)c(OC(F)F)c1. The third kappa shape index (κ3) is 4.05. The Morgan fingerprint density at radius 3 is 2.60 bits per heavy atom. The zero-order chi connectivity index (χ0) is 21.6. The number of hydrogen-bond donors (Lipinski definition) is 1. The van der Waals surface area contributed by atoms with Crippen molar-refractivity contribution < 1.29 is 31.5 Å². The van der Waals surface area contributed by atoms with E-state index in [1.54, 1.807) is 13.0 Å². The lowest BCUT2D eigenvalue weighted by Crippen LogP contribution is -2.16. The van der Waals surface area contributed by atoms with Gasteiger partial charge >= 0.3 is 12.8 Å². The van der Waals surface area contributed by atoms with Crippen LogP contribution in [-0.4, -0.2) is 27.1 Å². The van der Waals surface area contributed by atoms with Crippen LogP contribution in [0.1, 0.15) is 46.2 Å². The highest BCUT2D eigenvalue weighted by molar-refractivity contribution is 6.04. The van der Waals surface area contributed by atoms with Crippen molar-refractivity contribution in [2.75, 3.05) is 5.32 Å². The van der Waals surface area contributed by atoms with Crippen molar-refractivity contribution >= 4 is 17.2 Å². The number of anilines is 1. The number of nitrogens with zero attached hydrogens (tertiary/aromatic N) is 3. The predicted octanol–water partition coefficient (Wildman–Crippen LogP) is 4.79. The monoisotopic (exact) mass is 426 g/mol. The number of hydrogen-bond acceptors (Lipinski definition) is 4. The first-order valence-electron chi connectivity index (χ1n) is 8.96. The van der Waals surface area contributed by atoms with Crippen molar-refractivity contribution in [2.45, 2.75) is 38.5 Å². The van der Waals surface area contributed by atoms with Crippen LogP contribution in [0.15, 0.2) is 30.3 Å². The Morgan fingerprint density at radius 2 is 1.97 bits per heavy atom. The number of carbonyl (C=O) groups is 1. The molecule has 0 bridgehead atoms. The van der Waals surface area contributed by atoms with E-state index >= 15 is 0 Å². The number of benzene rings is 1. The smallest absolute Gasteiger partial charge is 0.433 e. The summed E-state index contributed by atoms with van der Waals surface area (Å²) in [5, 5.41) is 6.08. The summed E-state index contributed by atoms with van der Waals surface area (Å²) in [5.41, 5.74) is -0.652. The molecule has 3 aromatic rings. The third-order valence-corrected chi connectivity index (χ3v) is 4.57. The minimum Gasteiger partial charge on any atom is -0.433 e. The maximum absolute atomic E-state index is 13.5. The number of halogens is 5. The van der Waals surface area contributed by atoms with Crippen molar-refractivity contribution in [1.82, 2.24) is 14.6 Å². The molecule has 0 radical (unpaired) electrons. The molecule has 1 saturated carbocycles. The fourth-order valence-corrected chi connectivity index (χ4v) is 3.01. The highest BCUT2D eigenvalue weighted by Crippen LogP contribution is 2.41. The van der Waals surface area contributed by atoms with Crippen molar-refractivity contribution in [3.8, 4) is 5.75 Å². The first-order chi connectivity index (χ1) is 14.1. The molecule has 4 rings (SSSR count). The summed E-state index contributed by atoms with van der Waals surface area (Å²) in [7, 11) is 0. The van der Waals surface area contributed by atoms with Gasteiger partial charge in [-0.3, -0.25) is 4.79 Å². The molecule has 2 aromatic heterocycles. The highest BCUT2D eigenvalue weighted by Gasteiger charge is 2.37. The lowest BCUT2D eigenvalue weighted by Gasteiger charge is -2.12. The summed E-state index contributed by atoms with van der Waals surface area (Å²) in [6.45, 7) is -1.47. The number of rotatable bonds is 5. The lowest BCUT2D eigenvalue weighted by atomic mass is 10.2. The van der Waals surface area contributed by atoms with Crippen molar-refractivity contribution in [3.63, 3.8) is 0 Å². The molecular weight excluding hydrogens is 411 g/mol. The van der Waals surface area contributed by atoms with Gasteiger partial charge in [-0.15, -0.1) is 0 Å². The van der Waals surface area contributed by atoms with E-state index in [9.17, 15) is 26.7 Å². The van der Waals surface area contributed by atoms with E-state index in [0.717, 1.165) is 25.0 Å². The van der Waals surface area contributed by atoms with E-state index in [0.29, 0.717) is 15.8 Å². The molecular formula is C19H15F5N4O2. The number of carbonyl (C=O) groups excluding carboxylic acids is 1. The van der Waals surface area contributed by atoms with E-state index in [1.165, 1.54) is 12.1 Å². The molecule has 1 aliphatic carbocycles. The maximum atomic E-state index is 13.5. The molecule has 6 nitrogen and oxygen atoms in total. The molecule has 0 unspecified atom stereocenters. The minimum absolute atomic E-state index is 0.0371. The average Bonchev–Trinajstić information content (AvgIpc) is 3.40. The molecule has 158 valence electrons. The number of amides is 1. The molecule has 0 aliphatic heterocycles. The van der Waals surface area contributed by atoms with E-state index in [-0.39, 0.29) is 28.7 Å². The number of ether oxygens (including phenoxy) is 1. The van der Waals surface area contributed by atoms with Crippen LogP contribution in [0.2, 0.25) is 0 Å². The molecule has 2 heterocycles. The van der Waals surface area contributed by atoms with Crippen LogP contribution >= 0.6 is 0 Å². The van der Waals surface area contributed by atoms with Crippen LogP contribution in [0.3, 0.4) is 0 Å². The third-order valence-electron chi connectivity index (χ3n) is 4.57. The maximum Gasteiger partial charge on any atom is 0.433 e. The highest BCUT2D eigenvalue weighted by atomic mass is 19.4. The number of fused-ring (bicyclic) bond motifs is 1. The van der Waals surface area contributed by atoms with E-state index < -0.39 is 24.4 Å². The van der Waals surface area contributed by atoms with Crippen LogP contribution in [0.25, 0.3) is 5.65 Å². The van der Waals surface area contributed by atoms with E-state index in [2.05, 4.69) is 20.1 Å². The first kappa shape index (κ1) is 20.0. The van der Waals surface area contributed by atoms with Gasteiger partial charge in [-0.2, -0.15) is 27.1 Å². The number of nitrogens with one attached hydrogen (secondary N) is 1. The van der Waals surface area contributed by atoms with Crippen LogP contribution in [0.5, 0.6) is 5.75 Å². The molecule has 11 heteroatoms. The summed E-state index contributed by atoms with van der Waals surface area (Å²) in [5.74, 6) is -1.19. The topological polar surface area (TPSA) is 68.5 Å². The van der Waals surface area contributed by atoms with Gasteiger partial charge < -0.3 is 10.1 Å². The van der Waals surface area contributed by atoms with Gasteiger partial charge in [0.15, 0.2) is 11.3 Å². The number of aromatic nitrogens is 3. The second kappa shape index (κ2) is 7.22. The average molecular weight is 426 g/mol. The molecule has 0 spiro atoms. The van der Waals surface area contributed by atoms with Gasteiger partial charge in [0.1, 0.15) is 11.4 Å². The van der Waals surface area contributed by atoms with Gasteiger partial charge in [-0.25, -0.2) is 9.50 Å². The Kier molecular flexibility index (Phi) is 4.83. The molecule has 1 fully saturated rings. The van der Waals surface area contributed by atoms with Crippen molar-refractivity contribution in [2.24, 2.45) is 0 Å². The Morgan fingerprint density at radius 1 is 1.23 bits per heavy atom. The zero-order valence-electron chi connectivity index (χ0n) is 15.5. The van der Waals surface area contributed by atoms with Crippen LogP contribution in [-0.2, 0) is 6.18 Å². The fourth-order valence-electron chi connectivity index (χ4n) is 3.01. The largest absolute Gasteiger partial charge is 0.433 e. The summed E-state index contributed by atoms with van der Waals surface area (Å²) < 4.78 is 70.6. The van der Waals surface area contributed by atoms with Crippen molar-refractivity contribution in [3.05, 3.63) is 53.0 Å². The van der Waals surface area contributed by atoms with Crippen LogP contribution in [0, 0.1) is 6.92 Å². The molecule has 1 amide bonds. The molecule has 1 N–H and O–H groups in total. The van der Waals surface area contributed by atoms with E-state index in [1.807, 2.05) is 0 Å². The number of alkyl halides is 5. The number of aryl methyl sites for hydroxylation is 1. The predicted molar refractivity (Wildman–Crippen MR) is 95.7 cm³/mol. The summed E-state index contributed by atoms with van der Waals surface area (Å²) >= 11 is 0. The second-order valence-electron chi connectivity index (χ2n) is 6.97. The Bertz CT molecular complexity index is 1120. The molecule has 30 heavy (non-hydrogen) atoms. The summed E-state index contributed by atoms with van der Waals surface area (Å²) in [4.78, 5) is 16.7. The quantitative estimate of drug-likeness (QED) is 0.596.